The molecule has 0 aromatic heterocycles. The van der Waals surface area contributed by atoms with E-state index in [1.54, 1.807) is 11.8 Å². The van der Waals surface area contributed by atoms with E-state index in [9.17, 15) is 15.0 Å². The molecule has 0 bridgehead atoms. The molecule has 1 aromatic rings. The largest absolute Gasteiger partial charge is 0.484 e. The molecular formula is C19H28N2O5. The van der Waals surface area contributed by atoms with Gasteiger partial charge in [-0.05, 0) is 31.0 Å². The number of carbonyl (C=O) groups is 1. The molecule has 0 unspecified atom stereocenters. The van der Waals surface area contributed by atoms with Crippen LogP contribution in [0.2, 0.25) is 0 Å². The Kier molecular flexibility index (Phi) is 6.13. The van der Waals surface area contributed by atoms with Crippen molar-refractivity contribution in [3.05, 3.63) is 29.8 Å². The maximum atomic E-state index is 12.1. The van der Waals surface area contributed by atoms with Gasteiger partial charge in [-0.3, -0.25) is 9.69 Å². The Balaban J connectivity index is 1.45. The van der Waals surface area contributed by atoms with Crippen molar-refractivity contribution in [2.45, 2.75) is 31.6 Å². The molecule has 1 aromatic carbocycles. The third-order valence-corrected chi connectivity index (χ3v) is 5.14. The highest BCUT2D eigenvalue weighted by Crippen LogP contribution is 2.23. The van der Waals surface area contributed by atoms with Crippen LogP contribution in [0, 0.1) is 0 Å². The topological polar surface area (TPSA) is 82.5 Å². The standard InChI is InChI=1S/C19H28N2O5/c1-19(24)6-7-20(13-17(19)22)12-15-2-4-16(5-3-15)26-14-18(23)21-8-10-25-11-9-21/h2-5,17,22,24H,6-14H2,1H3/t17-,19-/m1/s1. The fraction of sp³-hybridized carbons (Fsp3) is 0.632. The van der Waals surface area contributed by atoms with Gasteiger partial charge in [0, 0.05) is 32.7 Å². The predicted octanol–water partition coefficient (Wildman–Crippen LogP) is 0.242. The number of carbonyl (C=O) groups excluding carboxylic acids is 1. The number of morpholine rings is 1. The van der Waals surface area contributed by atoms with Crippen LogP contribution >= 0.6 is 0 Å². The number of aliphatic hydroxyl groups is 2. The summed E-state index contributed by atoms with van der Waals surface area (Å²) in [6, 6.07) is 7.65. The molecule has 2 atom stereocenters. The second kappa shape index (κ2) is 8.35. The number of nitrogens with zero attached hydrogens (tertiary/aromatic N) is 2. The number of hydrogen-bond acceptors (Lipinski definition) is 6. The lowest BCUT2D eigenvalue weighted by Gasteiger charge is -2.39. The molecule has 2 N–H and O–H groups in total. The van der Waals surface area contributed by atoms with Crippen LogP contribution in [0.25, 0.3) is 0 Å². The highest BCUT2D eigenvalue weighted by Gasteiger charge is 2.36. The maximum Gasteiger partial charge on any atom is 0.260 e. The van der Waals surface area contributed by atoms with Crippen LogP contribution in [0.4, 0.5) is 0 Å². The zero-order valence-corrected chi connectivity index (χ0v) is 15.3. The Labute approximate surface area is 154 Å². The van der Waals surface area contributed by atoms with E-state index in [0.29, 0.717) is 51.6 Å². The number of piperidine rings is 1. The smallest absolute Gasteiger partial charge is 0.260 e. The maximum absolute atomic E-state index is 12.1. The van der Waals surface area contributed by atoms with E-state index in [2.05, 4.69) is 4.90 Å². The quantitative estimate of drug-likeness (QED) is 0.779. The van der Waals surface area contributed by atoms with Crippen LogP contribution in [0.1, 0.15) is 18.9 Å². The monoisotopic (exact) mass is 364 g/mol. The Bertz CT molecular complexity index is 598. The minimum atomic E-state index is -0.999. The van der Waals surface area contributed by atoms with Gasteiger partial charge in [0.2, 0.25) is 0 Å². The zero-order valence-electron chi connectivity index (χ0n) is 15.3. The van der Waals surface area contributed by atoms with Crippen molar-refractivity contribution in [3.63, 3.8) is 0 Å². The summed E-state index contributed by atoms with van der Waals surface area (Å²) in [5.41, 5.74) is 0.104. The molecule has 0 saturated carbocycles. The summed E-state index contributed by atoms with van der Waals surface area (Å²) < 4.78 is 10.8. The van der Waals surface area contributed by atoms with Crippen LogP contribution < -0.4 is 4.74 Å². The van der Waals surface area contributed by atoms with Gasteiger partial charge in [0.05, 0.1) is 24.9 Å². The van der Waals surface area contributed by atoms with E-state index in [0.717, 1.165) is 12.1 Å². The van der Waals surface area contributed by atoms with Gasteiger partial charge in [-0.15, -0.1) is 0 Å². The van der Waals surface area contributed by atoms with Crippen molar-refractivity contribution in [1.82, 2.24) is 9.80 Å². The van der Waals surface area contributed by atoms with Crippen molar-refractivity contribution in [3.8, 4) is 5.75 Å². The van der Waals surface area contributed by atoms with Gasteiger partial charge in [-0.25, -0.2) is 0 Å². The van der Waals surface area contributed by atoms with Crippen molar-refractivity contribution in [2.75, 3.05) is 46.0 Å². The molecule has 0 radical (unpaired) electrons. The number of hydrogen-bond donors (Lipinski definition) is 2. The average Bonchev–Trinajstić information content (AvgIpc) is 2.65. The third-order valence-electron chi connectivity index (χ3n) is 5.14. The zero-order chi connectivity index (χ0) is 18.6. The fourth-order valence-electron chi connectivity index (χ4n) is 3.23. The third kappa shape index (κ3) is 4.94. The van der Waals surface area contributed by atoms with Crippen LogP contribution in [-0.2, 0) is 16.1 Å². The normalized spacial score (nSPS) is 27.3. The molecular weight excluding hydrogens is 336 g/mol. The Hall–Kier alpha value is -1.67. The molecule has 3 rings (SSSR count). The molecule has 2 fully saturated rings. The second-order valence-electron chi connectivity index (χ2n) is 7.28. The van der Waals surface area contributed by atoms with Gasteiger partial charge in [-0.1, -0.05) is 12.1 Å². The van der Waals surface area contributed by atoms with E-state index >= 15 is 0 Å². The molecule has 1 amide bonds. The first-order valence-electron chi connectivity index (χ1n) is 9.14. The van der Waals surface area contributed by atoms with Crippen LogP contribution in [0.3, 0.4) is 0 Å². The molecule has 2 heterocycles. The minimum absolute atomic E-state index is 0.0215. The van der Waals surface area contributed by atoms with E-state index < -0.39 is 11.7 Å². The second-order valence-corrected chi connectivity index (χ2v) is 7.28. The van der Waals surface area contributed by atoms with Gasteiger partial charge >= 0.3 is 0 Å². The summed E-state index contributed by atoms with van der Waals surface area (Å²) in [6.45, 7) is 6.04. The molecule has 0 spiro atoms. The number of likely N-dealkylation sites (tertiary alicyclic amines) is 1. The molecule has 7 nitrogen and oxygen atoms in total. The summed E-state index contributed by atoms with van der Waals surface area (Å²) in [5.74, 6) is 0.642. The fourth-order valence-corrected chi connectivity index (χ4v) is 3.23. The van der Waals surface area contributed by atoms with Crippen LogP contribution in [0.15, 0.2) is 24.3 Å². The predicted molar refractivity (Wildman–Crippen MR) is 95.9 cm³/mol. The Morgan fingerprint density at radius 3 is 2.62 bits per heavy atom. The first kappa shape index (κ1) is 19.1. The highest BCUT2D eigenvalue weighted by molar-refractivity contribution is 5.77. The molecule has 2 aliphatic rings. The van der Waals surface area contributed by atoms with Crippen molar-refractivity contribution < 1.29 is 24.5 Å². The van der Waals surface area contributed by atoms with E-state index in [1.807, 2.05) is 24.3 Å². The number of rotatable bonds is 5. The number of aliphatic hydroxyl groups excluding tert-OH is 1. The minimum Gasteiger partial charge on any atom is -0.484 e. The summed E-state index contributed by atoms with van der Waals surface area (Å²) in [7, 11) is 0. The lowest BCUT2D eigenvalue weighted by atomic mass is 9.90. The van der Waals surface area contributed by atoms with Gasteiger partial charge in [-0.2, -0.15) is 0 Å². The number of benzene rings is 1. The number of β-amino-alcohol motifs (C(OH)–C–C–N with tert-alkyl or cyclic N) is 1. The van der Waals surface area contributed by atoms with Gasteiger partial charge in [0.25, 0.3) is 5.91 Å². The average molecular weight is 364 g/mol. The Morgan fingerprint density at radius 1 is 1.27 bits per heavy atom. The molecule has 7 heteroatoms. The van der Waals surface area contributed by atoms with Crippen LogP contribution in [0.5, 0.6) is 5.75 Å². The van der Waals surface area contributed by atoms with E-state index in [4.69, 9.17) is 9.47 Å². The first-order chi connectivity index (χ1) is 12.4. The lowest BCUT2D eigenvalue weighted by molar-refractivity contribution is -0.137. The molecule has 144 valence electrons. The summed E-state index contributed by atoms with van der Waals surface area (Å²) in [6.07, 6.45) is -0.177. The van der Waals surface area contributed by atoms with E-state index in [1.165, 1.54) is 0 Å². The molecule has 2 aliphatic heterocycles. The first-order valence-corrected chi connectivity index (χ1v) is 9.14. The Morgan fingerprint density at radius 2 is 1.96 bits per heavy atom. The SMILES string of the molecule is C[C@@]1(O)CCN(Cc2ccc(OCC(=O)N3CCOCC3)cc2)C[C@H]1O. The van der Waals surface area contributed by atoms with Crippen LogP contribution in [-0.4, -0.2) is 83.6 Å². The molecule has 0 aliphatic carbocycles. The van der Waals surface area contributed by atoms with Crippen molar-refractivity contribution in [1.29, 1.82) is 0 Å². The highest BCUT2D eigenvalue weighted by atomic mass is 16.5. The van der Waals surface area contributed by atoms with E-state index in [-0.39, 0.29) is 12.5 Å². The summed E-state index contributed by atoms with van der Waals surface area (Å²) in [4.78, 5) is 16.0. The van der Waals surface area contributed by atoms with Crippen molar-refractivity contribution in [2.24, 2.45) is 0 Å². The van der Waals surface area contributed by atoms with Gasteiger partial charge in [0.1, 0.15) is 5.75 Å². The summed E-state index contributed by atoms with van der Waals surface area (Å²) in [5, 5.41) is 20.0. The number of ether oxygens (including phenoxy) is 2. The van der Waals surface area contributed by atoms with Gasteiger partial charge < -0.3 is 24.6 Å². The molecule has 26 heavy (non-hydrogen) atoms. The summed E-state index contributed by atoms with van der Waals surface area (Å²) >= 11 is 0. The van der Waals surface area contributed by atoms with Crippen molar-refractivity contribution >= 4 is 5.91 Å². The lowest BCUT2D eigenvalue weighted by Crippen LogP contribution is -2.53. The molecule has 2 saturated heterocycles. The number of amides is 1. The van der Waals surface area contributed by atoms with Gasteiger partial charge in [0.15, 0.2) is 6.61 Å².